The summed E-state index contributed by atoms with van der Waals surface area (Å²) in [4.78, 5) is 0. The van der Waals surface area contributed by atoms with Gasteiger partial charge < -0.3 is 14.2 Å². The first-order valence-electron chi connectivity index (χ1n) is 6.70. The van der Waals surface area contributed by atoms with Crippen LogP contribution in [0.2, 0.25) is 0 Å². The first-order chi connectivity index (χ1) is 9.27. The van der Waals surface area contributed by atoms with Crippen LogP contribution < -0.4 is 9.47 Å². The van der Waals surface area contributed by atoms with E-state index in [9.17, 15) is 5.26 Å². The second kappa shape index (κ2) is 3.64. The zero-order valence-electron chi connectivity index (χ0n) is 10.9. The van der Waals surface area contributed by atoms with Crippen molar-refractivity contribution in [2.75, 3.05) is 26.4 Å². The molecule has 1 aromatic rings. The van der Waals surface area contributed by atoms with E-state index in [1.807, 2.05) is 0 Å². The first kappa shape index (κ1) is 11.1. The van der Waals surface area contributed by atoms with Crippen LogP contribution in [0.5, 0.6) is 11.5 Å². The van der Waals surface area contributed by atoms with Gasteiger partial charge in [-0.15, -0.1) is 0 Å². The molecule has 0 aliphatic carbocycles. The zero-order valence-corrected chi connectivity index (χ0v) is 10.9. The van der Waals surface area contributed by atoms with Gasteiger partial charge in [0.25, 0.3) is 0 Å². The summed E-state index contributed by atoms with van der Waals surface area (Å²) in [5.74, 6) is 1.92. The van der Waals surface area contributed by atoms with Crippen molar-refractivity contribution in [1.29, 1.82) is 5.26 Å². The SMILES string of the molecule is Cc1c2c(c(C3(C#N)COC3)c3c1OCC3)OCC2. The van der Waals surface area contributed by atoms with Crippen molar-refractivity contribution in [2.45, 2.75) is 25.2 Å². The third kappa shape index (κ3) is 1.26. The molecule has 1 fully saturated rings. The highest BCUT2D eigenvalue weighted by molar-refractivity contribution is 5.65. The highest BCUT2D eigenvalue weighted by Gasteiger charge is 2.47. The Morgan fingerprint density at radius 2 is 1.74 bits per heavy atom. The van der Waals surface area contributed by atoms with Crippen LogP contribution in [0.3, 0.4) is 0 Å². The average Bonchev–Trinajstić information content (AvgIpc) is 3.01. The van der Waals surface area contributed by atoms with Gasteiger partial charge in [-0.1, -0.05) is 0 Å². The lowest BCUT2D eigenvalue weighted by Crippen LogP contribution is -2.46. The van der Waals surface area contributed by atoms with Crippen LogP contribution in [0.15, 0.2) is 0 Å². The molecule has 0 bridgehead atoms. The van der Waals surface area contributed by atoms with E-state index in [2.05, 4.69) is 13.0 Å². The van der Waals surface area contributed by atoms with E-state index in [0.29, 0.717) is 26.4 Å². The molecule has 19 heavy (non-hydrogen) atoms. The van der Waals surface area contributed by atoms with E-state index >= 15 is 0 Å². The molecule has 3 heterocycles. The Kier molecular flexibility index (Phi) is 2.13. The smallest absolute Gasteiger partial charge is 0.133 e. The third-order valence-electron chi connectivity index (χ3n) is 4.46. The second-order valence-corrected chi connectivity index (χ2v) is 5.50. The number of rotatable bonds is 1. The minimum absolute atomic E-state index is 0.467. The Balaban J connectivity index is 2.03. The number of hydrogen-bond acceptors (Lipinski definition) is 4. The van der Waals surface area contributed by atoms with Crippen molar-refractivity contribution in [3.05, 3.63) is 22.3 Å². The average molecular weight is 257 g/mol. The Morgan fingerprint density at radius 1 is 1.05 bits per heavy atom. The summed E-state index contributed by atoms with van der Waals surface area (Å²) < 4.78 is 17.0. The summed E-state index contributed by atoms with van der Waals surface area (Å²) in [5.41, 5.74) is 4.10. The molecule has 0 saturated carbocycles. The second-order valence-electron chi connectivity index (χ2n) is 5.50. The predicted molar refractivity (Wildman–Crippen MR) is 67.7 cm³/mol. The maximum atomic E-state index is 9.60. The molecule has 3 aliphatic rings. The fourth-order valence-electron chi connectivity index (χ4n) is 3.42. The minimum Gasteiger partial charge on any atom is -0.493 e. The van der Waals surface area contributed by atoms with Gasteiger partial charge in [-0.05, 0) is 12.5 Å². The quantitative estimate of drug-likeness (QED) is 0.767. The number of benzene rings is 1. The van der Waals surface area contributed by atoms with Crippen LogP contribution in [0, 0.1) is 18.3 Å². The molecule has 98 valence electrons. The minimum atomic E-state index is -0.528. The molecule has 0 N–H and O–H groups in total. The van der Waals surface area contributed by atoms with E-state index < -0.39 is 5.41 Å². The molecule has 0 atom stereocenters. The molecule has 3 aliphatic heterocycles. The standard InChI is InChI=1S/C15H15NO3/c1-9-10-2-4-19-14(10)12(11-3-5-18-13(9)11)15(6-16)7-17-8-15/h2-5,7-8H2,1H3. The van der Waals surface area contributed by atoms with Crippen molar-refractivity contribution < 1.29 is 14.2 Å². The van der Waals surface area contributed by atoms with Crippen LogP contribution in [0.4, 0.5) is 0 Å². The van der Waals surface area contributed by atoms with Gasteiger partial charge in [0.15, 0.2) is 0 Å². The fourth-order valence-corrected chi connectivity index (χ4v) is 3.42. The summed E-state index contributed by atoms with van der Waals surface area (Å²) in [7, 11) is 0. The van der Waals surface area contributed by atoms with Gasteiger partial charge in [-0.3, -0.25) is 0 Å². The van der Waals surface area contributed by atoms with Gasteiger partial charge in [0, 0.05) is 29.5 Å². The van der Waals surface area contributed by atoms with Gasteiger partial charge in [-0.25, -0.2) is 0 Å². The van der Waals surface area contributed by atoms with Crippen molar-refractivity contribution >= 4 is 0 Å². The summed E-state index contributed by atoms with van der Waals surface area (Å²) in [6, 6.07) is 2.45. The van der Waals surface area contributed by atoms with E-state index in [1.165, 1.54) is 16.7 Å². The Hall–Kier alpha value is -1.73. The van der Waals surface area contributed by atoms with Crippen LogP contribution in [0.1, 0.15) is 22.3 Å². The van der Waals surface area contributed by atoms with Gasteiger partial charge in [0.05, 0.1) is 32.5 Å². The molecule has 0 aromatic heterocycles. The highest BCUT2D eigenvalue weighted by Crippen LogP contribution is 2.50. The summed E-state index contributed by atoms with van der Waals surface area (Å²) in [5, 5.41) is 9.60. The van der Waals surface area contributed by atoms with Crippen LogP contribution in [-0.2, 0) is 23.0 Å². The number of nitrogens with zero attached hydrogens (tertiary/aromatic N) is 1. The molecular formula is C15H15NO3. The molecule has 4 heteroatoms. The summed E-state index contributed by atoms with van der Waals surface area (Å²) in [6.45, 7) is 4.43. The van der Waals surface area contributed by atoms with Gasteiger partial charge >= 0.3 is 0 Å². The monoisotopic (exact) mass is 257 g/mol. The number of fused-ring (bicyclic) bond motifs is 2. The van der Waals surface area contributed by atoms with Gasteiger partial charge in [0.2, 0.25) is 0 Å². The maximum absolute atomic E-state index is 9.60. The summed E-state index contributed by atoms with van der Waals surface area (Å²) >= 11 is 0. The molecule has 0 amide bonds. The summed E-state index contributed by atoms with van der Waals surface area (Å²) in [6.07, 6.45) is 1.78. The molecule has 1 aromatic carbocycles. The molecule has 4 nitrogen and oxygen atoms in total. The van der Waals surface area contributed by atoms with Crippen molar-refractivity contribution in [2.24, 2.45) is 0 Å². The predicted octanol–water partition coefficient (Wildman–Crippen LogP) is 1.66. The Bertz CT molecular complexity index is 576. The Labute approximate surface area is 111 Å². The number of hydrogen-bond donors (Lipinski definition) is 0. The number of nitriles is 1. The fraction of sp³-hybridized carbons (Fsp3) is 0.533. The first-order valence-corrected chi connectivity index (χ1v) is 6.70. The normalized spacial score (nSPS) is 21.7. The van der Waals surface area contributed by atoms with Crippen molar-refractivity contribution in [3.8, 4) is 17.6 Å². The third-order valence-corrected chi connectivity index (χ3v) is 4.46. The molecule has 1 saturated heterocycles. The largest absolute Gasteiger partial charge is 0.493 e. The molecule has 0 unspecified atom stereocenters. The van der Waals surface area contributed by atoms with Crippen molar-refractivity contribution in [3.63, 3.8) is 0 Å². The van der Waals surface area contributed by atoms with Crippen molar-refractivity contribution in [1.82, 2.24) is 0 Å². The lowest BCUT2D eigenvalue weighted by Gasteiger charge is -2.37. The Morgan fingerprint density at radius 3 is 2.37 bits per heavy atom. The van der Waals surface area contributed by atoms with E-state index in [1.54, 1.807) is 0 Å². The topological polar surface area (TPSA) is 51.5 Å². The zero-order chi connectivity index (χ0) is 13.0. The van der Waals surface area contributed by atoms with Crippen LogP contribution >= 0.6 is 0 Å². The number of ether oxygens (including phenoxy) is 3. The lowest BCUT2D eigenvalue weighted by molar-refractivity contribution is -0.0310. The van der Waals surface area contributed by atoms with Crippen LogP contribution in [0.25, 0.3) is 0 Å². The van der Waals surface area contributed by atoms with Gasteiger partial charge in [-0.2, -0.15) is 5.26 Å². The maximum Gasteiger partial charge on any atom is 0.133 e. The van der Waals surface area contributed by atoms with Gasteiger partial charge in [0.1, 0.15) is 16.9 Å². The van der Waals surface area contributed by atoms with E-state index in [-0.39, 0.29) is 0 Å². The molecule has 4 rings (SSSR count). The van der Waals surface area contributed by atoms with E-state index in [4.69, 9.17) is 14.2 Å². The van der Waals surface area contributed by atoms with E-state index in [0.717, 1.165) is 29.9 Å². The van der Waals surface area contributed by atoms with Crippen LogP contribution in [-0.4, -0.2) is 26.4 Å². The lowest BCUT2D eigenvalue weighted by atomic mass is 9.75. The molecule has 0 spiro atoms. The highest BCUT2D eigenvalue weighted by atomic mass is 16.5. The molecular weight excluding hydrogens is 242 g/mol. The molecule has 0 radical (unpaired) electrons.